The largest absolute Gasteiger partial charge is 0.355 e. The molecule has 2 aliphatic heterocycles. The van der Waals surface area contributed by atoms with Gasteiger partial charge in [0.25, 0.3) is 0 Å². The van der Waals surface area contributed by atoms with Crippen LogP contribution in [0.1, 0.15) is 30.0 Å². The van der Waals surface area contributed by atoms with E-state index < -0.39 is 0 Å². The molecule has 2 aliphatic rings. The number of nitriles is 1. The molecule has 1 aromatic carbocycles. The molecule has 0 bridgehead atoms. The first-order valence-corrected chi connectivity index (χ1v) is 10.8. The minimum Gasteiger partial charge on any atom is -0.355 e. The van der Waals surface area contributed by atoms with Crippen molar-refractivity contribution >= 4 is 34.1 Å². The maximum Gasteiger partial charge on any atom is 0.150 e. The lowest BCUT2D eigenvalue weighted by molar-refractivity contribution is 0.473. The van der Waals surface area contributed by atoms with Crippen LogP contribution in [-0.4, -0.2) is 41.1 Å². The fraction of sp³-hybridized carbons (Fsp3) is 0.391. The van der Waals surface area contributed by atoms with E-state index in [2.05, 4.69) is 44.0 Å². The highest BCUT2D eigenvalue weighted by Gasteiger charge is 2.34. The smallest absolute Gasteiger partial charge is 0.150 e. The highest BCUT2D eigenvalue weighted by Crippen LogP contribution is 2.35. The number of anilines is 2. The molecular formula is C23H23ClN6. The molecule has 4 heterocycles. The van der Waals surface area contributed by atoms with Crippen LogP contribution in [0.15, 0.2) is 36.7 Å². The Hall–Kier alpha value is -2.91. The molecule has 0 atom stereocenters. The molecule has 6 nitrogen and oxygen atoms in total. The third-order valence-corrected chi connectivity index (χ3v) is 6.64. The lowest BCUT2D eigenvalue weighted by Gasteiger charge is -2.41. The molecule has 7 heteroatoms. The average molecular weight is 419 g/mol. The Morgan fingerprint density at radius 1 is 1.07 bits per heavy atom. The number of pyridine rings is 1. The number of hydrogen-bond acceptors (Lipinski definition) is 6. The Balaban J connectivity index is 1.32. The number of piperidine rings is 1. The van der Waals surface area contributed by atoms with Crippen LogP contribution in [0.3, 0.4) is 0 Å². The Morgan fingerprint density at radius 2 is 1.83 bits per heavy atom. The fourth-order valence-corrected chi connectivity index (χ4v) is 4.51. The number of nitrogens with zero attached hydrogens (tertiary/aromatic N) is 6. The van der Waals surface area contributed by atoms with E-state index in [0.717, 1.165) is 77.8 Å². The Kier molecular flexibility index (Phi) is 4.92. The van der Waals surface area contributed by atoms with Gasteiger partial charge >= 0.3 is 0 Å². The normalized spacial score (nSPS) is 17.8. The van der Waals surface area contributed by atoms with Gasteiger partial charge in [0.2, 0.25) is 0 Å². The summed E-state index contributed by atoms with van der Waals surface area (Å²) in [6, 6.07) is 10.6. The van der Waals surface area contributed by atoms with Crippen molar-refractivity contribution in [3.63, 3.8) is 0 Å². The van der Waals surface area contributed by atoms with E-state index in [0.29, 0.717) is 5.92 Å². The highest BCUT2D eigenvalue weighted by molar-refractivity contribution is 6.32. The molecule has 152 valence electrons. The maximum atomic E-state index is 9.15. The zero-order chi connectivity index (χ0) is 20.7. The predicted molar refractivity (Wildman–Crippen MR) is 119 cm³/mol. The fourth-order valence-electron chi connectivity index (χ4n) is 4.36. The molecule has 0 aliphatic carbocycles. The van der Waals surface area contributed by atoms with Crippen LogP contribution in [0.2, 0.25) is 5.02 Å². The Bertz CT molecular complexity index is 1130. The SMILES string of the molecule is Cc1cc2ccc(N3CC(c4nccnc4N4CCC(C#N)CC4)C3)nc2cc1Cl. The van der Waals surface area contributed by atoms with Crippen LogP contribution in [0.25, 0.3) is 10.9 Å². The van der Waals surface area contributed by atoms with Gasteiger partial charge in [-0.3, -0.25) is 4.98 Å². The van der Waals surface area contributed by atoms with Gasteiger partial charge in [0, 0.05) is 60.8 Å². The standard InChI is InChI=1S/C23H23ClN6/c1-15-10-17-2-3-21(28-20(17)11-19(15)24)30-13-18(14-30)22-23(27-7-6-26-22)29-8-4-16(12-25)5-9-29/h2-3,6-7,10-11,16,18H,4-5,8-9,13-14H2,1H3. The van der Waals surface area contributed by atoms with Gasteiger partial charge < -0.3 is 9.80 Å². The van der Waals surface area contributed by atoms with Gasteiger partial charge in [0.05, 0.1) is 17.3 Å². The minimum absolute atomic E-state index is 0.164. The van der Waals surface area contributed by atoms with Crippen molar-refractivity contribution in [2.75, 3.05) is 36.0 Å². The summed E-state index contributed by atoms with van der Waals surface area (Å²) >= 11 is 6.29. The molecule has 2 saturated heterocycles. The van der Waals surface area contributed by atoms with Crippen molar-refractivity contribution in [3.8, 4) is 6.07 Å². The third kappa shape index (κ3) is 3.44. The summed E-state index contributed by atoms with van der Waals surface area (Å²) in [6.07, 6.45) is 5.34. The molecular weight excluding hydrogens is 396 g/mol. The van der Waals surface area contributed by atoms with Crippen molar-refractivity contribution < 1.29 is 0 Å². The van der Waals surface area contributed by atoms with Gasteiger partial charge in [-0.2, -0.15) is 5.26 Å². The Labute approximate surface area is 181 Å². The molecule has 0 N–H and O–H groups in total. The van der Waals surface area contributed by atoms with Crippen LogP contribution < -0.4 is 9.80 Å². The number of rotatable bonds is 3. The zero-order valence-corrected chi connectivity index (χ0v) is 17.7. The molecule has 0 amide bonds. The number of benzene rings is 1. The van der Waals surface area contributed by atoms with E-state index in [4.69, 9.17) is 21.8 Å². The van der Waals surface area contributed by atoms with E-state index in [-0.39, 0.29) is 5.92 Å². The maximum absolute atomic E-state index is 9.15. The van der Waals surface area contributed by atoms with Crippen LogP contribution in [0.5, 0.6) is 0 Å². The average Bonchev–Trinajstić information content (AvgIpc) is 2.74. The van der Waals surface area contributed by atoms with Gasteiger partial charge in [-0.1, -0.05) is 11.6 Å². The van der Waals surface area contributed by atoms with E-state index in [1.165, 1.54) is 0 Å². The molecule has 2 aromatic heterocycles. The first kappa shape index (κ1) is 19.1. The molecule has 0 saturated carbocycles. The molecule has 5 rings (SSSR count). The topological polar surface area (TPSA) is 68.9 Å². The lowest BCUT2D eigenvalue weighted by Crippen LogP contribution is -2.47. The second kappa shape index (κ2) is 7.73. The number of aromatic nitrogens is 3. The van der Waals surface area contributed by atoms with E-state index in [1.54, 1.807) is 12.4 Å². The van der Waals surface area contributed by atoms with Gasteiger partial charge in [-0.15, -0.1) is 0 Å². The van der Waals surface area contributed by atoms with Crippen molar-refractivity contribution in [2.45, 2.75) is 25.7 Å². The molecule has 3 aromatic rings. The highest BCUT2D eigenvalue weighted by atomic mass is 35.5. The van der Waals surface area contributed by atoms with Gasteiger partial charge in [0.15, 0.2) is 5.82 Å². The Morgan fingerprint density at radius 3 is 2.60 bits per heavy atom. The number of fused-ring (bicyclic) bond motifs is 1. The number of hydrogen-bond donors (Lipinski definition) is 0. The summed E-state index contributed by atoms with van der Waals surface area (Å²) in [5.41, 5.74) is 3.05. The monoisotopic (exact) mass is 418 g/mol. The van der Waals surface area contributed by atoms with Crippen molar-refractivity contribution in [2.24, 2.45) is 5.92 Å². The van der Waals surface area contributed by atoms with Crippen molar-refractivity contribution in [1.29, 1.82) is 5.26 Å². The predicted octanol–water partition coefficient (Wildman–Crippen LogP) is 4.33. The van der Waals surface area contributed by atoms with Crippen LogP contribution >= 0.6 is 11.6 Å². The van der Waals surface area contributed by atoms with Gasteiger partial charge in [-0.05, 0) is 49.6 Å². The van der Waals surface area contributed by atoms with Gasteiger partial charge in [-0.25, -0.2) is 9.97 Å². The minimum atomic E-state index is 0.164. The van der Waals surface area contributed by atoms with Crippen LogP contribution in [0, 0.1) is 24.2 Å². The molecule has 0 unspecified atom stereocenters. The second-order valence-electron chi connectivity index (χ2n) is 8.22. The van der Waals surface area contributed by atoms with Crippen molar-refractivity contribution in [3.05, 3.63) is 52.9 Å². The molecule has 0 radical (unpaired) electrons. The third-order valence-electron chi connectivity index (χ3n) is 6.23. The first-order chi connectivity index (χ1) is 14.6. The number of aryl methyl sites for hydroxylation is 1. The quantitative estimate of drug-likeness (QED) is 0.630. The summed E-state index contributed by atoms with van der Waals surface area (Å²) < 4.78 is 0. The lowest BCUT2D eigenvalue weighted by atomic mass is 9.94. The summed E-state index contributed by atoms with van der Waals surface area (Å²) in [5.74, 6) is 2.45. The van der Waals surface area contributed by atoms with E-state index in [1.807, 2.05) is 13.0 Å². The summed E-state index contributed by atoms with van der Waals surface area (Å²) in [4.78, 5) is 18.7. The molecule has 2 fully saturated rings. The summed E-state index contributed by atoms with van der Waals surface area (Å²) in [7, 11) is 0. The van der Waals surface area contributed by atoms with Crippen LogP contribution in [0.4, 0.5) is 11.6 Å². The van der Waals surface area contributed by atoms with Gasteiger partial charge in [0.1, 0.15) is 5.82 Å². The summed E-state index contributed by atoms with van der Waals surface area (Å²) in [5, 5.41) is 11.0. The first-order valence-electron chi connectivity index (χ1n) is 10.4. The van der Waals surface area contributed by atoms with Crippen molar-refractivity contribution in [1.82, 2.24) is 15.0 Å². The van der Waals surface area contributed by atoms with E-state index >= 15 is 0 Å². The molecule has 0 spiro atoms. The van der Waals surface area contributed by atoms with Crippen LogP contribution in [-0.2, 0) is 0 Å². The van der Waals surface area contributed by atoms with E-state index in [9.17, 15) is 0 Å². The zero-order valence-electron chi connectivity index (χ0n) is 16.9. The second-order valence-corrected chi connectivity index (χ2v) is 8.63. The summed E-state index contributed by atoms with van der Waals surface area (Å²) in [6.45, 7) is 5.49. The molecule has 30 heavy (non-hydrogen) atoms. The number of halogens is 1.